The summed E-state index contributed by atoms with van der Waals surface area (Å²) in [5.41, 5.74) is 0.912. The Kier molecular flexibility index (Phi) is 3.85. The number of ether oxygens (including phenoxy) is 1. The molecule has 0 radical (unpaired) electrons. The van der Waals surface area contributed by atoms with Gasteiger partial charge in [0.1, 0.15) is 17.5 Å². The molecule has 0 aliphatic rings. The molecule has 1 heterocycles. The predicted molar refractivity (Wildman–Crippen MR) is 70.3 cm³/mol. The molecule has 1 aromatic heterocycles. The fraction of sp³-hybridized carbons (Fsp3) is 0.286. The van der Waals surface area contributed by atoms with E-state index in [1.165, 1.54) is 0 Å². The van der Waals surface area contributed by atoms with Crippen molar-refractivity contribution in [2.24, 2.45) is 7.05 Å². The Bertz CT molecular complexity index is 578. The van der Waals surface area contributed by atoms with Crippen LogP contribution < -0.4 is 4.74 Å². The van der Waals surface area contributed by atoms with Crippen LogP contribution in [0.25, 0.3) is 0 Å². The minimum atomic E-state index is -0.878. The maximum absolute atomic E-state index is 11.4. The number of carboxylic acid groups (broad SMARTS) is 1. The summed E-state index contributed by atoms with van der Waals surface area (Å²) in [6, 6.07) is 7.42. The molecule has 0 saturated heterocycles. The Morgan fingerprint density at radius 2 is 2.32 bits per heavy atom. The number of carboxylic acids is 1. The summed E-state index contributed by atoms with van der Waals surface area (Å²) in [4.78, 5) is 15.6. The van der Waals surface area contributed by atoms with Gasteiger partial charge in [0.25, 0.3) is 0 Å². The average Bonchev–Trinajstić information content (AvgIpc) is 2.82. The van der Waals surface area contributed by atoms with E-state index in [9.17, 15) is 9.90 Å². The Balaban J connectivity index is 2.27. The third-order valence-corrected chi connectivity index (χ3v) is 3.04. The van der Waals surface area contributed by atoms with Crippen LogP contribution in [0.3, 0.4) is 0 Å². The third-order valence-electron chi connectivity index (χ3n) is 3.04. The minimum absolute atomic E-state index is 0.386. The number of hydrogen-bond donors (Lipinski definition) is 1. The number of imidazole rings is 1. The first-order valence-corrected chi connectivity index (χ1v) is 5.94. The van der Waals surface area contributed by atoms with Gasteiger partial charge in [-0.05, 0) is 24.1 Å². The van der Waals surface area contributed by atoms with Gasteiger partial charge in [0.15, 0.2) is 0 Å². The van der Waals surface area contributed by atoms with Gasteiger partial charge in [-0.2, -0.15) is 0 Å². The molecule has 0 fully saturated rings. The summed E-state index contributed by atoms with van der Waals surface area (Å²) in [7, 11) is 3.39. The molecule has 1 unspecified atom stereocenters. The number of aryl methyl sites for hydroxylation is 1. The van der Waals surface area contributed by atoms with E-state index >= 15 is 0 Å². The lowest BCUT2D eigenvalue weighted by atomic mass is 9.98. The quantitative estimate of drug-likeness (QED) is 0.891. The number of nitrogens with zero attached hydrogens (tertiary/aromatic N) is 2. The van der Waals surface area contributed by atoms with Crippen LogP contribution in [-0.4, -0.2) is 27.7 Å². The molecule has 0 bridgehead atoms. The highest BCUT2D eigenvalue weighted by Crippen LogP contribution is 2.22. The molecular formula is C14H16N2O3. The second kappa shape index (κ2) is 5.56. The van der Waals surface area contributed by atoms with Crippen LogP contribution in [-0.2, 0) is 18.3 Å². The second-order valence-electron chi connectivity index (χ2n) is 4.34. The summed E-state index contributed by atoms with van der Waals surface area (Å²) >= 11 is 0. The number of methoxy groups -OCH3 is 1. The molecule has 0 saturated carbocycles. The summed E-state index contributed by atoms with van der Waals surface area (Å²) in [6.45, 7) is 0. The van der Waals surface area contributed by atoms with Crippen LogP contribution in [0.15, 0.2) is 36.7 Å². The monoisotopic (exact) mass is 260 g/mol. The van der Waals surface area contributed by atoms with Gasteiger partial charge in [0, 0.05) is 19.4 Å². The first-order chi connectivity index (χ1) is 9.11. The summed E-state index contributed by atoms with van der Waals surface area (Å²) in [6.07, 6.45) is 3.74. The highest BCUT2D eigenvalue weighted by molar-refractivity contribution is 5.75. The van der Waals surface area contributed by atoms with Crippen LogP contribution in [0.1, 0.15) is 17.3 Å². The van der Waals surface area contributed by atoms with Crippen molar-refractivity contribution in [1.82, 2.24) is 9.55 Å². The van der Waals surface area contributed by atoms with Crippen molar-refractivity contribution in [1.29, 1.82) is 0 Å². The fourth-order valence-electron chi connectivity index (χ4n) is 2.04. The summed E-state index contributed by atoms with van der Waals surface area (Å²) in [5.74, 6) is -0.263. The molecule has 0 aliphatic carbocycles. The Morgan fingerprint density at radius 3 is 2.89 bits per heavy atom. The van der Waals surface area contributed by atoms with E-state index in [0.717, 1.165) is 11.3 Å². The summed E-state index contributed by atoms with van der Waals surface area (Å²) < 4.78 is 6.88. The van der Waals surface area contributed by atoms with Gasteiger partial charge < -0.3 is 14.4 Å². The van der Waals surface area contributed by atoms with E-state index in [4.69, 9.17) is 4.74 Å². The van der Waals surface area contributed by atoms with E-state index in [1.54, 1.807) is 31.1 Å². The zero-order valence-electron chi connectivity index (χ0n) is 10.9. The number of hydrogen-bond acceptors (Lipinski definition) is 3. The van der Waals surface area contributed by atoms with Gasteiger partial charge >= 0.3 is 5.97 Å². The number of carbonyl (C=O) groups is 1. The standard InChI is InChI=1S/C14H16N2O3/c1-16-7-6-15-13(16)12(14(17)18)9-10-4-3-5-11(8-10)19-2/h3-8,12H,9H2,1-2H3,(H,17,18). The first-order valence-electron chi connectivity index (χ1n) is 5.94. The molecule has 5 heteroatoms. The lowest BCUT2D eigenvalue weighted by Crippen LogP contribution is -2.18. The largest absolute Gasteiger partial charge is 0.497 e. The molecule has 0 aliphatic heterocycles. The smallest absolute Gasteiger partial charge is 0.314 e. The SMILES string of the molecule is COc1cccc(CC(C(=O)O)c2nccn2C)c1. The van der Waals surface area contributed by atoms with Crippen LogP contribution in [0.4, 0.5) is 0 Å². The average molecular weight is 260 g/mol. The van der Waals surface area contributed by atoms with Crippen molar-refractivity contribution in [3.8, 4) is 5.75 Å². The maximum atomic E-state index is 11.4. The van der Waals surface area contributed by atoms with Gasteiger partial charge in [-0.3, -0.25) is 4.79 Å². The van der Waals surface area contributed by atoms with Crippen molar-refractivity contribution in [3.63, 3.8) is 0 Å². The zero-order chi connectivity index (χ0) is 13.8. The molecule has 2 aromatic rings. The van der Waals surface area contributed by atoms with Crippen LogP contribution in [0.2, 0.25) is 0 Å². The van der Waals surface area contributed by atoms with Gasteiger partial charge in [0.2, 0.25) is 0 Å². The third kappa shape index (κ3) is 2.93. The molecular weight excluding hydrogens is 244 g/mol. The van der Waals surface area contributed by atoms with Crippen LogP contribution in [0.5, 0.6) is 5.75 Å². The van der Waals surface area contributed by atoms with Crippen molar-refractivity contribution in [2.45, 2.75) is 12.3 Å². The first kappa shape index (κ1) is 13.1. The van der Waals surface area contributed by atoms with E-state index in [0.29, 0.717) is 12.2 Å². The van der Waals surface area contributed by atoms with E-state index in [1.807, 2.05) is 24.3 Å². The van der Waals surface area contributed by atoms with Gasteiger partial charge in [-0.15, -0.1) is 0 Å². The van der Waals surface area contributed by atoms with Gasteiger partial charge in [-0.1, -0.05) is 12.1 Å². The molecule has 1 N–H and O–H groups in total. The van der Waals surface area contributed by atoms with Gasteiger partial charge in [-0.25, -0.2) is 4.98 Å². The number of rotatable bonds is 5. The van der Waals surface area contributed by atoms with E-state index in [-0.39, 0.29) is 0 Å². The lowest BCUT2D eigenvalue weighted by molar-refractivity contribution is -0.139. The summed E-state index contributed by atoms with van der Waals surface area (Å²) in [5, 5.41) is 9.37. The van der Waals surface area contributed by atoms with Crippen molar-refractivity contribution in [3.05, 3.63) is 48.0 Å². The van der Waals surface area contributed by atoms with Crippen molar-refractivity contribution >= 4 is 5.97 Å². The van der Waals surface area contributed by atoms with Gasteiger partial charge in [0.05, 0.1) is 7.11 Å². The topological polar surface area (TPSA) is 64.3 Å². The Hall–Kier alpha value is -2.30. The highest BCUT2D eigenvalue weighted by Gasteiger charge is 2.24. The number of benzene rings is 1. The fourth-order valence-corrected chi connectivity index (χ4v) is 2.04. The molecule has 19 heavy (non-hydrogen) atoms. The molecule has 1 atom stereocenters. The number of aliphatic carboxylic acids is 1. The van der Waals surface area contributed by atoms with Crippen LogP contribution in [0, 0.1) is 0 Å². The molecule has 0 amide bonds. The predicted octanol–water partition coefficient (Wildman–Crippen LogP) is 1.84. The molecule has 2 rings (SSSR count). The van der Waals surface area contributed by atoms with Crippen molar-refractivity contribution < 1.29 is 14.6 Å². The minimum Gasteiger partial charge on any atom is -0.497 e. The zero-order valence-corrected chi connectivity index (χ0v) is 10.9. The Morgan fingerprint density at radius 1 is 1.53 bits per heavy atom. The van der Waals surface area contributed by atoms with Crippen molar-refractivity contribution in [2.75, 3.05) is 7.11 Å². The normalized spacial score (nSPS) is 12.1. The number of aromatic nitrogens is 2. The second-order valence-corrected chi connectivity index (χ2v) is 4.34. The van der Waals surface area contributed by atoms with E-state index < -0.39 is 11.9 Å². The maximum Gasteiger partial charge on any atom is 0.314 e. The lowest BCUT2D eigenvalue weighted by Gasteiger charge is -2.13. The van der Waals surface area contributed by atoms with Crippen LogP contribution >= 0.6 is 0 Å². The highest BCUT2D eigenvalue weighted by atomic mass is 16.5. The molecule has 1 aromatic carbocycles. The molecule has 100 valence electrons. The Labute approximate surface area is 111 Å². The van der Waals surface area contributed by atoms with E-state index in [2.05, 4.69) is 4.98 Å². The molecule has 0 spiro atoms. The molecule has 5 nitrogen and oxygen atoms in total.